The van der Waals surface area contributed by atoms with Crippen LogP contribution in [0.25, 0.3) is 5.65 Å². The zero-order chi connectivity index (χ0) is 13.9. The van der Waals surface area contributed by atoms with Crippen molar-refractivity contribution in [3.8, 4) is 0 Å². The first-order valence-corrected chi connectivity index (χ1v) is 7.28. The molecule has 2 aromatic rings. The van der Waals surface area contributed by atoms with E-state index in [4.69, 9.17) is 9.72 Å². The van der Waals surface area contributed by atoms with Gasteiger partial charge >= 0.3 is 0 Å². The van der Waals surface area contributed by atoms with Crippen molar-refractivity contribution in [1.82, 2.24) is 14.7 Å². The van der Waals surface area contributed by atoms with Crippen LogP contribution in [0.1, 0.15) is 19.0 Å². The topological polar surface area (TPSA) is 41.8 Å². The lowest BCUT2D eigenvalue weighted by Crippen LogP contribution is -2.25. The van der Waals surface area contributed by atoms with Gasteiger partial charge in [-0.15, -0.1) is 0 Å². The zero-order valence-corrected chi connectivity index (χ0v) is 12.2. The van der Waals surface area contributed by atoms with Crippen molar-refractivity contribution in [3.63, 3.8) is 0 Å². The maximum Gasteiger partial charge on any atom is 0.152 e. The van der Waals surface area contributed by atoms with Gasteiger partial charge in [0.15, 0.2) is 5.82 Å². The van der Waals surface area contributed by atoms with Gasteiger partial charge in [0, 0.05) is 32.9 Å². The second-order valence-electron chi connectivity index (χ2n) is 5.18. The minimum absolute atomic E-state index is 0.326. The second kappa shape index (κ2) is 5.81. The van der Waals surface area contributed by atoms with E-state index in [9.17, 15) is 0 Å². The Balaban J connectivity index is 1.96. The summed E-state index contributed by atoms with van der Waals surface area (Å²) in [6.07, 6.45) is 3.49. The highest BCUT2D eigenvalue weighted by Crippen LogP contribution is 2.26. The third-order valence-electron chi connectivity index (χ3n) is 3.93. The van der Waals surface area contributed by atoms with Gasteiger partial charge < -0.3 is 19.4 Å². The largest absolute Gasteiger partial charge is 0.380 e. The Kier molecular flexibility index (Phi) is 3.89. The summed E-state index contributed by atoms with van der Waals surface area (Å²) < 4.78 is 7.64. The molecule has 0 aliphatic carbocycles. The van der Waals surface area contributed by atoms with Gasteiger partial charge in [0.05, 0.1) is 11.8 Å². The molecule has 20 heavy (non-hydrogen) atoms. The Morgan fingerprint density at radius 1 is 1.45 bits per heavy atom. The molecule has 0 aromatic carbocycles. The Bertz CT molecular complexity index is 580. The number of ether oxygens (including phenoxy) is 1. The van der Waals surface area contributed by atoms with E-state index in [0.717, 1.165) is 44.1 Å². The standard InChI is InChI=1S/C15H22N4O/c1-3-16-10-13-15(18-9-7-12(11-18)20-2)17-14-6-4-5-8-19(13)14/h4-6,8,12,16H,3,7,9-11H2,1-2H3. The highest BCUT2D eigenvalue weighted by molar-refractivity contribution is 5.56. The smallest absolute Gasteiger partial charge is 0.152 e. The van der Waals surface area contributed by atoms with Crippen LogP contribution in [-0.4, -0.2) is 42.2 Å². The number of hydrogen-bond acceptors (Lipinski definition) is 4. The van der Waals surface area contributed by atoms with Gasteiger partial charge in [0.25, 0.3) is 0 Å². The van der Waals surface area contributed by atoms with Crippen molar-refractivity contribution in [3.05, 3.63) is 30.1 Å². The van der Waals surface area contributed by atoms with Gasteiger partial charge in [0.2, 0.25) is 0 Å². The summed E-state index contributed by atoms with van der Waals surface area (Å²) in [6, 6.07) is 6.14. The molecule has 0 radical (unpaired) electrons. The number of methoxy groups -OCH3 is 1. The van der Waals surface area contributed by atoms with Crippen molar-refractivity contribution in [2.24, 2.45) is 0 Å². The molecule has 3 rings (SSSR count). The van der Waals surface area contributed by atoms with E-state index in [-0.39, 0.29) is 0 Å². The maximum atomic E-state index is 5.47. The Labute approximate surface area is 119 Å². The predicted molar refractivity (Wildman–Crippen MR) is 80.2 cm³/mol. The van der Waals surface area contributed by atoms with E-state index < -0.39 is 0 Å². The van der Waals surface area contributed by atoms with E-state index >= 15 is 0 Å². The lowest BCUT2D eigenvalue weighted by Gasteiger charge is -2.17. The van der Waals surface area contributed by atoms with Crippen LogP contribution >= 0.6 is 0 Å². The fourth-order valence-corrected chi connectivity index (χ4v) is 2.81. The van der Waals surface area contributed by atoms with Crippen molar-refractivity contribution in [2.75, 3.05) is 31.6 Å². The molecule has 0 saturated carbocycles. The number of rotatable bonds is 5. The first-order chi connectivity index (χ1) is 9.83. The molecule has 0 spiro atoms. The van der Waals surface area contributed by atoms with Crippen molar-refractivity contribution < 1.29 is 4.74 Å². The molecule has 1 saturated heterocycles. The molecule has 3 heterocycles. The van der Waals surface area contributed by atoms with Gasteiger partial charge in [-0.3, -0.25) is 0 Å². The summed E-state index contributed by atoms with van der Waals surface area (Å²) in [5.74, 6) is 1.09. The molecule has 108 valence electrons. The summed E-state index contributed by atoms with van der Waals surface area (Å²) in [5, 5.41) is 3.41. The van der Waals surface area contributed by atoms with Crippen LogP contribution < -0.4 is 10.2 Å². The summed E-state index contributed by atoms with van der Waals surface area (Å²) >= 11 is 0. The molecular formula is C15H22N4O. The van der Waals surface area contributed by atoms with E-state index in [0.29, 0.717) is 6.10 Å². The number of fused-ring (bicyclic) bond motifs is 1. The summed E-state index contributed by atoms with van der Waals surface area (Å²) in [7, 11) is 1.79. The van der Waals surface area contributed by atoms with Crippen molar-refractivity contribution in [2.45, 2.75) is 26.0 Å². The molecule has 1 N–H and O–H groups in total. The third-order valence-corrected chi connectivity index (χ3v) is 3.93. The van der Waals surface area contributed by atoms with Crippen LogP contribution in [0, 0.1) is 0 Å². The normalized spacial score (nSPS) is 19.1. The monoisotopic (exact) mass is 274 g/mol. The van der Waals surface area contributed by atoms with Crippen LogP contribution in [0.15, 0.2) is 24.4 Å². The first kappa shape index (κ1) is 13.4. The van der Waals surface area contributed by atoms with Gasteiger partial charge in [-0.05, 0) is 25.1 Å². The molecule has 0 bridgehead atoms. The predicted octanol–water partition coefficient (Wildman–Crippen LogP) is 1.67. The number of aromatic nitrogens is 2. The van der Waals surface area contributed by atoms with E-state index in [1.165, 1.54) is 5.69 Å². The molecule has 1 unspecified atom stereocenters. The average Bonchev–Trinajstić information content (AvgIpc) is 3.09. The quantitative estimate of drug-likeness (QED) is 0.900. The number of hydrogen-bond donors (Lipinski definition) is 1. The fraction of sp³-hybridized carbons (Fsp3) is 0.533. The SMILES string of the molecule is CCNCc1c(N2CCC(OC)C2)nc2ccccn12. The lowest BCUT2D eigenvalue weighted by molar-refractivity contribution is 0.121. The summed E-state index contributed by atoms with van der Waals surface area (Å²) in [5.41, 5.74) is 2.25. The van der Waals surface area contributed by atoms with E-state index in [1.54, 1.807) is 7.11 Å². The molecule has 1 fully saturated rings. The minimum atomic E-state index is 0.326. The van der Waals surface area contributed by atoms with E-state index in [2.05, 4.69) is 39.9 Å². The highest BCUT2D eigenvalue weighted by Gasteiger charge is 2.26. The first-order valence-electron chi connectivity index (χ1n) is 7.28. The number of anilines is 1. The maximum absolute atomic E-state index is 5.47. The molecule has 1 atom stereocenters. The molecule has 5 nitrogen and oxygen atoms in total. The Morgan fingerprint density at radius 3 is 3.10 bits per heavy atom. The van der Waals surface area contributed by atoms with Gasteiger partial charge in [0.1, 0.15) is 5.65 Å². The highest BCUT2D eigenvalue weighted by atomic mass is 16.5. The number of imidazole rings is 1. The molecule has 0 amide bonds. The fourth-order valence-electron chi connectivity index (χ4n) is 2.81. The lowest BCUT2D eigenvalue weighted by atomic mass is 10.3. The second-order valence-corrected chi connectivity index (χ2v) is 5.18. The molecule has 1 aliphatic rings. The summed E-state index contributed by atoms with van der Waals surface area (Å²) in [4.78, 5) is 7.15. The van der Waals surface area contributed by atoms with Crippen LogP contribution in [0.4, 0.5) is 5.82 Å². The molecule has 1 aliphatic heterocycles. The minimum Gasteiger partial charge on any atom is -0.380 e. The van der Waals surface area contributed by atoms with Crippen LogP contribution in [0.3, 0.4) is 0 Å². The van der Waals surface area contributed by atoms with Crippen LogP contribution in [-0.2, 0) is 11.3 Å². The van der Waals surface area contributed by atoms with Gasteiger partial charge in [-0.25, -0.2) is 4.98 Å². The van der Waals surface area contributed by atoms with Crippen LogP contribution in [0.5, 0.6) is 0 Å². The van der Waals surface area contributed by atoms with Crippen molar-refractivity contribution in [1.29, 1.82) is 0 Å². The van der Waals surface area contributed by atoms with Crippen LogP contribution in [0.2, 0.25) is 0 Å². The Hall–Kier alpha value is -1.59. The number of nitrogens with zero attached hydrogens (tertiary/aromatic N) is 3. The average molecular weight is 274 g/mol. The van der Waals surface area contributed by atoms with Crippen molar-refractivity contribution >= 4 is 11.5 Å². The van der Waals surface area contributed by atoms with Gasteiger partial charge in [-0.1, -0.05) is 13.0 Å². The zero-order valence-electron chi connectivity index (χ0n) is 12.2. The molecule has 2 aromatic heterocycles. The molecular weight excluding hydrogens is 252 g/mol. The number of pyridine rings is 1. The molecule has 5 heteroatoms. The Morgan fingerprint density at radius 2 is 2.35 bits per heavy atom. The number of nitrogens with one attached hydrogen (secondary N) is 1. The third kappa shape index (κ3) is 2.39. The summed E-state index contributed by atoms with van der Waals surface area (Å²) in [6.45, 7) is 5.87. The van der Waals surface area contributed by atoms with Gasteiger partial charge in [-0.2, -0.15) is 0 Å². The van der Waals surface area contributed by atoms with E-state index in [1.807, 2.05) is 6.07 Å².